The van der Waals surface area contributed by atoms with Crippen molar-refractivity contribution >= 4 is 17.3 Å². The van der Waals surface area contributed by atoms with Crippen LogP contribution in [0, 0.1) is 0 Å². The van der Waals surface area contributed by atoms with Gasteiger partial charge >= 0.3 is 0 Å². The van der Waals surface area contributed by atoms with Crippen LogP contribution in [-0.4, -0.2) is 27.3 Å². The summed E-state index contributed by atoms with van der Waals surface area (Å²) in [4.78, 5) is 26.0. The molecule has 0 radical (unpaired) electrons. The van der Waals surface area contributed by atoms with Crippen LogP contribution in [0.25, 0.3) is 22.4 Å². The van der Waals surface area contributed by atoms with Crippen LogP contribution in [0.4, 0.5) is 11.5 Å². The molecule has 0 aliphatic heterocycles. The Kier molecular flexibility index (Phi) is 6.19. The standard InChI is InChI=1S/C25H24N6O/c26-10-9-16-5-7-18(8-6-16)22-15-30-25(28)24(31-22)23(32)12-17-11-19(14-29-13-17)20-3-1-2-4-21(20)27/h1-8,11,13-15H,9-10,12,26-27H2,(H2,28,30). The number of benzene rings is 2. The first kappa shape index (κ1) is 21.1. The fourth-order valence-corrected chi connectivity index (χ4v) is 3.51. The first-order valence-corrected chi connectivity index (χ1v) is 10.3. The van der Waals surface area contributed by atoms with Crippen LogP contribution in [0.1, 0.15) is 21.6 Å². The Hall–Kier alpha value is -4.10. The number of ketones is 1. The Balaban J connectivity index is 1.58. The second-order valence-corrected chi connectivity index (χ2v) is 7.49. The lowest BCUT2D eigenvalue weighted by atomic mass is 10.0. The molecule has 0 aliphatic carbocycles. The highest BCUT2D eigenvalue weighted by molar-refractivity contribution is 6.00. The minimum atomic E-state index is -0.225. The van der Waals surface area contributed by atoms with Crippen LogP contribution < -0.4 is 17.2 Å². The number of carbonyl (C=O) groups excluding carboxylic acids is 1. The van der Waals surface area contributed by atoms with Crippen LogP contribution in [0.5, 0.6) is 0 Å². The average Bonchev–Trinajstić information content (AvgIpc) is 2.80. The van der Waals surface area contributed by atoms with E-state index in [1.54, 1.807) is 18.6 Å². The van der Waals surface area contributed by atoms with Crippen molar-refractivity contribution in [3.05, 3.63) is 90.0 Å². The van der Waals surface area contributed by atoms with Crippen molar-refractivity contribution in [1.82, 2.24) is 15.0 Å². The summed E-state index contributed by atoms with van der Waals surface area (Å²) in [5, 5.41) is 0. The monoisotopic (exact) mass is 424 g/mol. The Morgan fingerprint density at radius 3 is 2.41 bits per heavy atom. The third-order valence-electron chi connectivity index (χ3n) is 5.18. The third-order valence-corrected chi connectivity index (χ3v) is 5.18. The summed E-state index contributed by atoms with van der Waals surface area (Å²) >= 11 is 0. The predicted molar refractivity (Wildman–Crippen MR) is 127 cm³/mol. The lowest BCUT2D eigenvalue weighted by Crippen LogP contribution is -2.12. The van der Waals surface area contributed by atoms with E-state index in [1.807, 2.05) is 54.6 Å². The zero-order valence-corrected chi connectivity index (χ0v) is 17.5. The van der Waals surface area contributed by atoms with Gasteiger partial charge in [0, 0.05) is 41.2 Å². The number of hydrogen-bond acceptors (Lipinski definition) is 7. The molecule has 6 N–H and O–H groups in total. The molecule has 0 saturated carbocycles. The number of nitrogen functional groups attached to an aromatic ring is 2. The van der Waals surface area contributed by atoms with E-state index in [2.05, 4.69) is 15.0 Å². The smallest absolute Gasteiger partial charge is 0.189 e. The van der Waals surface area contributed by atoms with Gasteiger partial charge in [-0.05, 0) is 36.2 Å². The Morgan fingerprint density at radius 2 is 1.66 bits per heavy atom. The summed E-state index contributed by atoms with van der Waals surface area (Å²) in [6, 6.07) is 17.3. The van der Waals surface area contributed by atoms with E-state index in [0.717, 1.165) is 34.2 Å². The van der Waals surface area contributed by atoms with Crippen molar-refractivity contribution in [2.45, 2.75) is 12.8 Å². The molecule has 2 aromatic heterocycles. The minimum absolute atomic E-state index is 0.103. The van der Waals surface area contributed by atoms with Gasteiger partial charge < -0.3 is 17.2 Å². The third kappa shape index (κ3) is 4.63. The SMILES string of the molecule is NCCc1ccc(-c2cnc(N)c(C(=O)Cc3cncc(-c4ccccc4N)c3)n2)cc1. The summed E-state index contributed by atoms with van der Waals surface area (Å²) in [5.41, 5.74) is 23.5. The Morgan fingerprint density at radius 1 is 0.875 bits per heavy atom. The molecule has 0 saturated heterocycles. The van der Waals surface area contributed by atoms with Crippen molar-refractivity contribution in [2.24, 2.45) is 5.73 Å². The number of Topliss-reactive ketones (excluding diaryl/α,β-unsaturated/α-hetero) is 1. The van der Waals surface area contributed by atoms with Gasteiger partial charge in [0.05, 0.1) is 11.9 Å². The van der Waals surface area contributed by atoms with Crippen LogP contribution in [-0.2, 0) is 12.8 Å². The molecule has 160 valence electrons. The number of nitrogens with two attached hydrogens (primary N) is 3. The van der Waals surface area contributed by atoms with E-state index in [-0.39, 0.29) is 23.7 Å². The van der Waals surface area contributed by atoms with Crippen LogP contribution in [0.2, 0.25) is 0 Å². The molecule has 32 heavy (non-hydrogen) atoms. The lowest BCUT2D eigenvalue weighted by molar-refractivity contribution is 0.0989. The highest BCUT2D eigenvalue weighted by atomic mass is 16.1. The van der Waals surface area contributed by atoms with Crippen molar-refractivity contribution in [1.29, 1.82) is 0 Å². The van der Waals surface area contributed by atoms with Gasteiger partial charge in [-0.25, -0.2) is 9.97 Å². The zero-order chi connectivity index (χ0) is 22.5. The summed E-state index contributed by atoms with van der Waals surface area (Å²) in [6.45, 7) is 0.590. The summed E-state index contributed by atoms with van der Waals surface area (Å²) in [5.74, 6) is -0.119. The first-order chi connectivity index (χ1) is 15.5. The molecule has 4 rings (SSSR count). The fraction of sp³-hybridized carbons (Fsp3) is 0.120. The molecular weight excluding hydrogens is 400 g/mol. The number of anilines is 2. The Bertz CT molecular complexity index is 1250. The maximum Gasteiger partial charge on any atom is 0.189 e. The second kappa shape index (κ2) is 9.36. The number of hydrogen-bond donors (Lipinski definition) is 3. The van der Waals surface area contributed by atoms with Gasteiger partial charge in [-0.2, -0.15) is 0 Å². The maximum atomic E-state index is 13.0. The molecule has 2 aromatic carbocycles. The van der Waals surface area contributed by atoms with Crippen LogP contribution in [0.15, 0.2) is 73.2 Å². The molecular formula is C25H24N6O. The highest BCUT2D eigenvalue weighted by Crippen LogP contribution is 2.26. The van der Waals surface area contributed by atoms with Crippen LogP contribution in [0.3, 0.4) is 0 Å². The highest BCUT2D eigenvalue weighted by Gasteiger charge is 2.16. The number of carbonyl (C=O) groups is 1. The predicted octanol–water partition coefficient (Wildman–Crippen LogP) is 3.30. The van der Waals surface area contributed by atoms with Crippen molar-refractivity contribution in [3.8, 4) is 22.4 Å². The van der Waals surface area contributed by atoms with Gasteiger partial charge in [-0.15, -0.1) is 0 Å². The Labute approximate surface area is 186 Å². The molecule has 0 bridgehead atoms. The fourth-order valence-electron chi connectivity index (χ4n) is 3.51. The molecule has 7 nitrogen and oxygen atoms in total. The van der Waals surface area contributed by atoms with Gasteiger partial charge in [0.1, 0.15) is 5.69 Å². The number of pyridine rings is 1. The van der Waals surface area contributed by atoms with Crippen molar-refractivity contribution < 1.29 is 4.79 Å². The van der Waals surface area contributed by atoms with E-state index in [0.29, 0.717) is 17.9 Å². The number of nitrogens with zero attached hydrogens (tertiary/aromatic N) is 3. The quantitative estimate of drug-likeness (QED) is 0.306. The topological polar surface area (TPSA) is 134 Å². The summed E-state index contributed by atoms with van der Waals surface area (Å²) < 4.78 is 0. The van der Waals surface area contributed by atoms with E-state index < -0.39 is 0 Å². The van der Waals surface area contributed by atoms with Gasteiger partial charge in [-0.3, -0.25) is 9.78 Å². The largest absolute Gasteiger partial charge is 0.398 e. The molecule has 0 atom stereocenters. The van der Waals surface area contributed by atoms with E-state index in [4.69, 9.17) is 17.2 Å². The molecule has 7 heteroatoms. The second-order valence-electron chi connectivity index (χ2n) is 7.49. The number of aromatic nitrogens is 3. The summed E-state index contributed by atoms with van der Waals surface area (Å²) in [6.07, 6.45) is 5.86. The van der Waals surface area contributed by atoms with Crippen molar-refractivity contribution in [3.63, 3.8) is 0 Å². The van der Waals surface area contributed by atoms with Crippen LogP contribution >= 0.6 is 0 Å². The van der Waals surface area contributed by atoms with Gasteiger partial charge in [0.2, 0.25) is 0 Å². The van der Waals surface area contributed by atoms with E-state index >= 15 is 0 Å². The normalized spacial score (nSPS) is 10.8. The molecule has 0 aliphatic rings. The van der Waals surface area contributed by atoms with E-state index in [9.17, 15) is 4.79 Å². The first-order valence-electron chi connectivity index (χ1n) is 10.3. The molecule has 0 spiro atoms. The molecule has 0 unspecified atom stereocenters. The van der Waals surface area contributed by atoms with Gasteiger partial charge in [0.15, 0.2) is 11.6 Å². The van der Waals surface area contributed by atoms with Crippen molar-refractivity contribution in [2.75, 3.05) is 18.0 Å². The maximum absolute atomic E-state index is 13.0. The number of rotatable bonds is 7. The average molecular weight is 425 g/mol. The number of para-hydroxylation sites is 1. The lowest BCUT2D eigenvalue weighted by Gasteiger charge is -2.09. The van der Waals surface area contributed by atoms with E-state index in [1.165, 1.54) is 0 Å². The summed E-state index contributed by atoms with van der Waals surface area (Å²) in [7, 11) is 0. The minimum Gasteiger partial charge on any atom is -0.398 e. The molecule has 0 fully saturated rings. The zero-order valence-electron chi connectivity index (χ0n) is 17.5. The molecule has 4 aromatic rings. The molecule has 2 heterocycles. The molecule has 0 amide bonds. The van der Waals surface area contributed by atoms with Gasteiger partial charge in [0.25, 0.3) is 0 Å². The van der Waals surface area contributed by atoms with Gasteiger partial charge in [-0.1, -0.05) is 42.5 Å².